The van der Waals surface area contributed by atoms with Gasteiger partial charge < -0.3 is 0 Å². The molecular weight excluding hydrogens is 90.1 g/mol. The highest BCUT2D eigenvalue weighted by Crippen LogP contribution is 1.90. The first-order valence-electron chi connectivity index (χ1n) is 2.37. The van der Waals surface area contributed by atoms with Gasteiger partial charge in [0.25, 0.3) is 0 Å². The second kappa shape index (κ2) is 5.45. The number of nitrogens with zero attached hydrogens (tertiary/aromatic N) is 1. The highest BCUT2D eigenvalue weighted by molar-refractivity contribution is 4.67. The van der Waals surface area contributed by atoms with Gasteiger partial charge in [0.1, 0.15) is 0 Å². The van der Waals surface area contributed by atoms with E-state index in [0.717, 1.165) is 6.42 Å². The van der Waals surface area contributed by atoms with E-state index in [2.05, 4.69) is 0 Å². The standard InChI is InChI=1S/C5H8NO/c6-4-2-1-3-5-7/h1-3,5H2. The van der Waals surface area contributed by atoms with E-state index in [9.17, 15) is 5.11 Å². The van der Waals surface area contributed by atoms with E-state index in [4.69, 9.17) is 5.26 Å². The van der Waals surface area contributed by atoms with E-state index in [0.29, 0.717) is 12.8 Å². The number of hydrogen-bond donors (Lipinski definition) is 0. The average molecular weight is 98.1 g/mol. The minimum atomic E-state index is -0.0400. The van der Waals surface area contributed by atoms with Gasteiger partial charge >= 0.3 is 0 Å². The largest absolute Gasteiger partial charge is 0.237 e. The first-order valence-corrected chi connectivity index (χ1v) is 2.37. The molecule has 0 aliphatic heterocycles. The molecule has 2 heteroatoms. The molecule has 0 amide bonds. The molecule has 0 N–H and O–H groups in total. The van der Waals surface area contributed by atoms with Crippen LogP contribution in [-0.4, -0.2) is 6.61 Å². The van der Waals surface area contributed by atoms with Crippen LogP contribution in [0.15, 0.2) is 0 Å². The summed E-state index contributed by atoms with van der Waals surface area (Å²) in [6.07, 6.45) is 1.94. The van der Waals surface area contributed by atoms with Crippen LogP contribution in [0.25, 0.3) is 0 Å². The van der Waals surface area contributed by atoms with Crippen LogP contribution in [0.3, 0.4) is 0 Å². The Labute approximate surface area is 43.4 Å². The monoisotopic (exact) mass is 98.1 g/mol. The molecule has 7 heavy (non-hydrogen) atoms. The van der Waals surface area contributed by atoms with Gasteiger partial charge in [0, 0.05) is 6.42 Å². The van der Waals surface area contributed by atoms with Crippen LogP contribution in [0.4, 0.5) is 0 Å². The second-order valence-corrected chi connectivity index (χ2v) is 1.32. The smallest absolute Gasteiger partial charge is 0.0822 e. The summed E-state index contributed by atoms with van der Waals surface area (Å²) in [5.41, 5.74) is 0. The van der Waals surface area contributed by atoms with E-state index in [1.54, 1.807) is 0 Å². The average Bonchev–Trinajstić information content (AvgIpc) is 1.69. The third-order valence-electron chi connectivity index (χ3n) is 0.683. The van der Waals surface area contributed by atoms with Crippen LogP contribution < -0.4 is 0 Å². The Morgan fingerprint density at radius 1 is 1.43 bits per heavy atom. The van der Waals surface area contributed by atoms with Gasteiger partial charge in [-0.2, -0.15) is 5.26 Å². The van der Waals surface area contributed by atoms with E-state index < -0.39 is 0 Å². The lowest BCUT2D eigenvalue weighted by molar-refractivity contribution is 0.187. The number of rotatable bonds is 3. The lowest BCUT2D eigenvalue weighted by atomic mass is 10.3. The molecule has 39 valence electrons. The van der Waals surface area contributed by atoms with Crippen molar-refractivity contribution < 1.29 is 5.11 Å². The Kier molecular flexibility index (Phi) is 5.02. The lowest BCUT2D eigenvalue weighted by Crippen LogP contribution is -1.77. The Morgan fingerprint density at radius 3 is 2.57 bits per heavy atom. The van der Waals surface area contributed by atoms with Crippen LogP contribution >= 0.6 is 0 Å². The molecule has 0 spiro atoms. The molecule has 0 aromatic heterocycles. The highest BCUT2D eigenvalue weighted by Gasteiger charge is 1.81. The molecule has 0 aromatic carbocycles. The highest BCUT2D eigenvalue weighted by atomic mass is 16.2. The number of unbranched alkanes of at least 4 members (excludes halogenated alkanes) is 2. The SMILES string of the molecule is N#CCCCC[O]. The third-order valence-corrected chi connectivity index (χ3v) is 0.683. The van der Waals surface area contributed by atoms with Crippen LogP contribution in [0.1, 0.15) is 19.3 Å². The molecule has 0 bridgehead atoms. The van der Waals surface area contributed by atoms with Crippen molar-refractivity contribution in [3.05, 3.63) is 0 Å². The van der Waals surface area contributed by atoms with Crippen molar-refractivity contribution in [3.8, 4) is 6.07 Å². The fraction of sp³-hybridized carbons (Fsp3) is 0.800. The summed E-state index contributed by atoms with van der Waals surface area (Å²) in [6.45, 7) is -0.0400. The van der Waals surface area contributed by atoms with Gasteiger partial charge in [-0.3, -0.25) is 0 Å². The van der Waals surface area contributed by atoms with Crippen molar-refractivity contribution in [1.82, 2.24) is 0 Å². The molecule has 0 aliphatic rings. The molecule has 0 unspecified atom stereocenters. The Balaban J connectivity index is 2.60. The fourth-order valence-corrected chi connectivity index (χ4v) is 0.306. The Hall–Kier alpha value is -0.550. The van der Waals surface area contributed by atoms with Gasteiger partial charge in [0.05, 0.1) is 12.7 Å². The van der Waals surface area contributed by atoms with Gasteiger partial charge in [-0.25, -0.2) is 5.11 Å². The van der Waals surface area contributed by atoms with E-state index in [1.165, 1.54) is 0 Å². The van der Waals surface area contributed by atoms with Crippen molar-refractivity contribution >= 4 is 0 Å². The summed E-state index contributed by atoms with van der Waals surface area (Å²) in [6, 6.07) is 1.96. The molecule has 0 aromatic rings. The van der Waals surface area contributed by atoms with Gasteiger partial charge in [-0.1, -0.05) is 0 Å². The van der Waals surface area contributed by atoms with Crippen molar-refractivity contribution in [1.29, 1.82) is 5.26 Å². The van der Waals surface area contributed by atoms with Crippen molar-refractivity contribution in [2.75, 3.05) is 6.61 Å². The molecule has 0 aliphatic carbocycles. The second-order valence-electron chi connectivity index (χ2n) is 1.32. The Bertz CT molecular complexity index is 65.0. The van der Waals surface area contributed by atoms with Crippen LogP contribution in [0.5, 0.6) is 0 Å². The quantitative estimate of drug-likeness (QED) is 0.487. The molecule has 0 fully saturated rings. The summed E-state index contributed by atoms with van der Waals surface area (Å²) >= 11 is 0. The predicted octanol–water partition coefficient (Wildman–Crippen LogP) is 1.11. The first kappa shape index (κ1) is 6.45. The first-order chi connectivity index (χ1) is 3.41. The minimum Gasteiger partial charge on any atom is -0.237 e. The maximum Gasteiger partial charge on any atom is 0.0822 e. The number of hydrogen-bond acceptors (Lipinski definition) is 1. The zero-order chi connectivity index (χ0) is 5.54. The lowest BCUT2D eigenvalue weighted by Gasteiger charge is -1.82. The van der Waals surface area contributed by atoms with Gasteiger partial charge in [0.15, 0.2) is 0 Å². The summed E-state index contributed by atoms with van der Waals surface area (Å²) in [7, 11) is 0. The topological polar surface area (TPSA) is 43.7 Å². The predicted molar refractivity (Wildman–Crippen MR) is 25.0 cm³/mol. The molecular formula is C5H8NO. The van der Waals surface area contributed by atoms with Crippen LogP contribution in [-0.2, 0) is 5.11 Å². The number of nitriles is 1. The van der Waals surface area contributed by atoms with E-state index in [1.807, 2.05) is 6.07 Å². The maximum atomic E-state index is 9.70. The van der Waals surface area contributed by atoms with Gasteiger partial charge in [-0.15, -0.1) is 0 Å². The van der Waals surface area contributed by atoms with Crippen LogP contribution in [0, 0.1) is 11.3 Å². The zero-order valence-corrected chi connectivity index (χ0v) is 4.18. The molecule has 0 rings (SSSR count). The van der Waals surface area contributed by atoms with Crippen LogP contribution in [0.2, 0.25) is 0 Å². The minimum absolute atomic E-state index is 0.0400. The zero-order valence-electron chi connectivity index (χ0n) is 4.18. The van der Waals surface area contributed by atoms with Gasteiger partial charge in [-0.05, 0) is 12.8 Å². The van der Waals surface area contributed by atoms with E-state index in [-0.39, 0.29) is 6.61 Å². The molecule has 0 saturated heterocycles. The normalized spacial score (nSPS) is 8.00. The summed E-state index contributed by atoms with van der Waals surface area (Å²) < 4.78 is 0. The molecule has 0 saturated carbocycles. The van der Waals surface area contributed by atoms with Crippen molar-refractivity contribution in [3.63, 3.8) is 0 Å². The molecule has 2 nitrogen and oxygen atoms in total. The summed E-state index contributed by atoms with van der Waals surface area (Å²) in [5, 5.41) is 17.6. The van der Waals surface area contributed by atoms with Crippen molar-refractivity contribution in [2.24, 2.45) is 0 Å². The van der Waals surface area contributed by atoms with Crippen molar-refractivity contribution in [2.45, 2.75) is 19.3 Å². The summed E-state index contributed by atoms with van der Waals surface area (Å²) in [4.78, 5) is 0. The Morgan fingerprint density at radius 2 is 2.14 bits per heavy atom. The summed E-state index contributed by atoms with van der Waals surface area (Å²) in [5.74, 6) is 0. The molecule has 1 radical (unpaired) electrons. The third kappa shape index (κ3) is 5.45. The fourth-order valence-electron chi connectivity index (χ4n) is 0.306. The molecule has 0 atom stereocenters. The van der Waals surface area contributed by atoms with E-state index >= 15 is 0 Å². The molecule has 0 heterocycles. The van der Waals surface area contributed by atoms with Gasteiger partial charge in [0.2, 0.25) is 0 Å². The maximum absolute atomic E-state index is 9.70.